The Kier molecular flexibility index (Phi) is 5.33. The van der Waals surface area contributed by atoms with Crippen molar-refractivity contribution in [2.24, 2.45) is 12.8 Å². The first-order valence-electron chi connectivity index (χ1n) is 9.95. The highest BCUT2D eigenvalue weighted by Gasteiger charge is 2.17. The fourth-order valence-corrected chi connectivity index (χ4v) is 3.72. The molecule has 0 unspecified atom stereocenters. The Morgan fingerprint density at radius 3 is 2.70 bits per heavy atom. The molecule has 1 amide bonds. The summed E-state index contributed by atoms with van der Waals surface area (Å²) in [4.78, 5) is 17.8. The Balaban J connectivity index is 1.70. The first-order valence-corrected chi connectivity index (χ1v) is 9.95. The van der Waals surface area contributed by atoms with Crippen LogP contribution in [0.25, 0.3) is 22.2 Å². The van der Waals surface area contributed by atoms with Crippen LogP contribution in [-0.4, -0.2) is 20.7 Å². The normalized spacial score (nSPS) is 12.1. The minimum absolute atomic E-state index is 0.104. The molecule has 30 heavy (non-hydrogen) atoms. The van der Waals surface area contributed by atoms with Crippen molar-refractivity contribution in [3.8, 4) is 11.3 Å². The van der Waals surface area contributed by atoms with Gasteiger partial charge >= 0.3 is 0 Å². The monoisotopic (exact) mass is 399 g/mol. The van der Waals surface area contributed by atoms with Crippen molar-refractivity contribution in [3.63, 3.8) is 0 Å². The van der Waals surface area contributed by atoms with E-state index >= 15 is 0 Å². The van der Waals surface area contributed by atoms with E-state index in [1.54, 1.807) is 10.9 Å². The minimum Gasteiger partial charge on any atom is -0.345 e. The van der Waals surface area contributed by atoms with Crippen molar-refractivity contribution in [2.75, 3.05) is 0 Å². The van der Waals surface area contributed by atoms with Gasteiger partial charge in [-0.25, -0.2) is 4.98 Å². The maximum atomic E-state index is 13.0. The molecule has 2 aromatic heterocycles. The molecule has 2 aromatic carbocycles. The smallest absolute Gasteiger partial charge is 0.252 e. The number of carbonyl (C=O) groups excluding carboxylic acids is 1. The topological polar surface area (TPSA) is 85.8 Å². The van der Waals surface area contributed by atoms with Gasteiger partial charge in [-0.15, -0.1) is 0 Å². The van der Waals surface area contributed by atoms with Crippen molar-refractivity contribution >= 4 is 16.8 Å². The number of aromatic nitrogens is 3. The van der Waals surface area contributed by atoms with Gasteiger partial charge in [0, 0.05) is 36.3 Å². The number of hydrogen-bond donors (Lipinski definition) is 2. The van der Waals surface area contributed by atoms with Crippen LogP contribution < -0.4 is 11.1 Å². The lowest BCUT2D eigenvalue weighted by Crippen LogP contribution is -2.27. The Bertz CT molecular complexity index is 1230. The number of nitrogens with zero attached hydrogens (tertiary/aromatic N) is 3. The molecule has 0 radical (unpaired) electrons. The lowest BCUT2D eigenvalue weighted by molar-refractivity contribution is 0.0939. The predicted octanol–water partition coefficient (Wildman–Crippen LogP) is 3.89. The molecule has 2 heterocycles. The van der Waals surface area contributed by atoms with E-state index in [4.69, 9.17) is 10.7 Å². The zero-order valence-corrected chi connectivity index (χ0v) is 17.4. The number of aryl methyl sites for hydroxylation is 2. The summed E-state index contributed by atoms with van der Waals surface area (Å²) in [6.45, 7) is 4.39. The lowest BCUT2D eigenvalue weighted by atomic mass is 9.99. The zero-order valence-electron chi connectivity index (χ0n) is 17.4. The number of pyridine rings is 1. The van der Waals surface area contributed by atoms with Crippen LogP contribution in [0.15, 0.2) is 60.9 Å². The van der Waals surface area contributed by atoms with Gasteiger partial charge in [0.15, 0.2) is 0 Å². The second-order valence-electron chi connectivity index (χ2n) is 7.57. The van der Waals surface area contributed by atoms with Crippen LogP contribution >= 0.6 is 0 Å². The number of rotatable bonds is 5. The molecule has 4 rings (SSSR count). The van der Waals surface area contributed by atoms with Crippen molar-refractivity contribution < 1.29 is 4.79 Å². The standard InChI is InChI=1S/C24H25N5O/c1-15-10-17(12-25)8-9-19(15)24(30)27-16(2)21-11-23(18-13-26-29(3)14-18)28-22-7-5-4-6-20(21)22/h4-11,13-14,16H,12,25H2,1-3H3,(H,27,30)/t16-/m1/s1. The van der Waals surface area contributed by atoms with Gasteiger partial charge in [0.1, 0.15) is 0 Å². The molecule has 152 valence electrons. The molecular formula is C24H25N5O. The van der Waals surface area contributed by atoms with Gasteiger partial charge in [-0.1, -0.05) is 30.3 Å². The predicted molar refractivity (Wildman–Crippen MR) is 119 cm³/mol. The molecule has 0 fully saturated rings. The van der Waals surface area contributed by atoms with E-state index in [2.05, 4.69) is 10.4 Å². The Labute approximate surface area is 175 Å². The van der Waals surface area contributed by atoms with Crippen LogP contribution in [0.1, 0.15) is 40.0 Å². The summed E-state index contributed by atoms with van der Waals surface area (Å²) in [6, 6.07) is 15.5. The summed E-state index contributed by atoms with van der Waals surface area (Å²) < 4.78 is 1.75. The first-order chi connectivity index (χ1) is 14.5. The number of hydrogen-bond acceptors (Lipinski definition) is 4. The number of para-hydroxylation sites is 1. The maximum Gasteiger partial charge on any atom is 0.252 e. The number of carbonyl (C=O) groups is 1. The van der Waals surface area contributed by atoms with Crippen molar-refractivity contribution in [2.45, 2.75) is 26.4 Å². The Morgan fingerprint density at radius 2 is 2.00 bits per heavy atom. The highest BCUT2D eigenvalue weighted by molar-refractivity contribution is 5.96. The Hall–Kier alpha value is -3.51. The van der Waals surface area contributed by atoms with Crippen LogP contribution in [0.5, 0.6) is 0 Å². The third-order valence-corrected chi connectivity index (χ3v) is 5.33. The second-order valence-corrected chi connectivity index (χ2v) is 7.57. The Morgan fingerprint density at radius 1 is 1.20 bits per heavy atom. The van der Waals surface area contributed by atoms with Gasteiger partial charge < -0.3 is 11.1 Å². The van der Waals surface area contributed by atoms with E-state index in [0.717, 1.165) is 38.9 Å². The summed E-state index contributed by atoms with van der Waals surface area (Å²) >= 11 is 0. The van der Waals surface area contributed by atoms with Crippen LogP contribution in [0.2, 0.25) is 0 Å². The molecule has 0 saturated heterocycles. The van der Waals surface area contributed by atoms with E-state index in [1.165, 1.54) is 0 Å². The molecule has 3 N–H and O–H groups in total. The van der Waals surface area contributed by atoms with Crippen LogP contribution in [0.4, 0.5) is 0 Å². The zero-order chi connectivity index (χ0) is 21.3. The molecule has 1 atom stereocenters. The van der Waals surface area contributed by atoms with Gasteiger partial charge in [-0.3, -0.25) is 9.48 Å². The number of nitrogens with one attached hydrogen (secondary N) is 1. The van der Waals surface area contributed by atoms with E-state index in [0.29, 0.717) is 12.1 Å². The quantitative estimate of drug-likeness (QED) is 0.533. The summed E-state index contributed by atoms with van der Waals surface area (Å²) in [5, 5.41) is 8.43. The summed E-state index contributed by atoms with van der Waals surface area (Å²) in [5.41, 5.74) is 12.0. The highest BCUT2D eigenvalue weighted by Crippen LogP contribution is 2.28. The molecule has 0 aliphatic rings. The average molecular weight is 399 g/mol. The van der Waals surface area contributed by atoms with E-state index in [-0.39, 0.29) is 11.9 Å². The highest BCUT2D eigenvalue weighted by atomic mass is 16.1. The van der Waals surface area contributed by atoms with Crippen molar-refractivity contribution in [3.05, 3.63) is 83.2 Å². The van der Waals surface area contributed by atoms with Gasteiger partial charge in [-0.2, -0.15) is 5.10 Å². The van der Waals surface area contributed by atoms with Crippen LogP contribution in [0, 0.1) is 6.92 Å². The van der Waals surface area contributed by atoms with Crippen LogP contribution in [-0.2, 0) is 13.6 Å². The van der Waals surface area contributed by atoms with Gasteiger partial charge in [-0.05, 0) is 48.7 Å². The second kappa shape index (κ2) is 8.08. The average Bonchev–Trinajstić information content (AvgIpc) is 3.18. The number of amides is 1. The third-order valence-electron chi connectivity index (χ3n) is 5.33. The van der Waals surface area contributed by atoms with E-state index in [9.17, 15) is 4.79 Å². The van der Waals surface area contributed by atoms with Gasteiger partial charge in [0.2, 0.25) is 0 Å². The van der Waals surface area contributed by atoms with E-state index in [1.807, 2.05) is 75.6 Å². The maximum absolute atomic E-state index is 13.0. The van der Waals surface area contributed by atoms with Crippen molar-refractivity contribution in [1.82, 2.24) is 20.1 Å². The minimum atomic E-state index is -0.200. The molecule has 6 nitrogen and oxygen atoms in total. The first kappa shape index (κ1) is 19.8. The fraction of sp³-hybridized carbons (Fsp3) is 0.208. The molecule has 0 aliphatic carbocycles. The molecule has 6 heteroatoms. The van der Waals surface area contributed by atoms with E-state index < -0.39 is 0 Å². The summed E-state index contributed by atoms with van der Waals surface area (Å²) in [5.74, 6) is -0.104. The molecule has 0 aliphatic heterocycles. The fourth-order valence-electron chi connectivity index (χ4n) is 3.72. The molecule has 0 saturated carbocycles. The third kappa shape index (κ3) is 3.82. The van der Waals surface area contributed by atoms with Gasteiger partial charge in [0.05, 0.1) is 23.4 Å². The number of nitrogens with two attached hydrogens (primary N) is 1. The largest absolute Gasteiger partial charge is 0.345 e. The molecular weight excluding hydrogens is 374 g/mol. The number of fused-ring (bicyclic) bond motifs is 1. The SMILES string of the molecule is Cc1cc(CN)ccc1C(=O)N[C@H](C)c1cc(-c2cnn(C)c2)nc2ccccc12. The molecule has 0 spiro atoms. The lowest BCUT2D eigenvalue weighted by Gasteiger charge is -2.18. The summed E-state index contributed by atoms with van der Waals surface area (Å²) in [6.07, 6.45) is 3.74. The summed E-state index contributed by atoms with van der Waals surface area (Å²) in [7, 11) is 1.88. The molecule has 0 bridgehead atoms. The van der Waals surface area contributed by atoms with Crippen molar-refractivity contribution in [1.29, 1.82) is 0 Å². The number of benzene rings is 2. The molecule has 4 aromatic rings. The van der Waals surface area contributed by atoms with Gasteiger partial charge in [0.25, 0.3) is 5.91 Å². The van der Waals surface area contributed by atoms with Crippen LogP contribution in [0.3, 0.4) is 0 Å².